The average molecular weight is 210 g/mol. The molecule has 0 spiro atoms. The van der Waals surface area contributed by atoms with Gasteiger partial charge >= 0.3 is 7.82 Å². The summed E-state index contributed by atoms with van der Waals surface area (Å²) in [5.41, 5.74) is 0. The number of hydrogen-bond acceptors (Lipinski definition) is 3. The van der Waals surface area contributed by atoms with Crippen molar-refractivity contribution in [3.05, 3.63) is 0 Å². The molecule has 5 nitrogen and oxygen atoms in total. The van der Waals surface area contributed by atoms with Gasteiger partial charge in [-0.15, -0.1) is 0 Å². The molecule has 13 heavy (non-hydrogen) atoms. The van der Waals surface area contributed by atoms with Crippen LogP contribution in [0.5, 0.6) is 0 Å². The number of phosphoric acid groups is 1. The SMILES string of the molecule is O=P(O)(O)OC[C@@H]1CCCC[C@@H]1O. The first-order chi connectivity index (χ1) is 5.99. The molecule has 1 fully saturated rings. The van der Waals surface area contributed by atoms with Crippen molar-refractivity contribution in [2.75, 3.05) is 6.61 Å². The van der Waals surface area contributed by atoms with Crippen LogP contribution in [-0.4, -0.2) is 27.6 Å². The summed E-state index contributed by atoms with van der Waals surface area (Å²) in [6.45, 7) is -0.0502. The Morgan fingerprint density at radius 1 is 1.31 bits per heavy atom. The smallest absolute Gasteiger partial charge is 0.393 e. The lowest BCUT2D eigenvalue weighted by molar-refractivity contribution is 0.0343. The van der Waals surface area contributed by atoms with E-state index in [4.69, 9.17) is 9.79 Å². The molecular formula is C7H15O5P. The molecule has 1 aliphatic rings. The molecule has 0 aromatic carbocycles. The van der Waals surface area contributed by atoms with Crippen molar-refractivity contribution < 1.29 is 24.0 Å². The van der Waals surface area contributed by atoms with E-state index in [1.165, 1.54) is 0 Å². The van der Waals surface area contributed by atoms with Crippen LogP contribution >= 0.6 is 7.82 Å². The van der Waals surface area contributed by atoms with E-state index in [0.29, 0.717) is 6.42 Å². The second-order valence-corrected chi connectivity index (χ2v) is 4.64. The van der Waals surface area contributed by atoms with E-state index in [1.54, 1.807) is 0 Å². The van der Waals surface area contributed by atoms with Gasteiger partial charge in [0.25, 0.3) is 0 Å². The van der Waals surface area contributed by atoms with Gasteiger partial charge < -0.3 is 14.9 Å². The highest BCUT2D eigenvalue weighted by atomic mass is 31.2. The predicted molar refractivity (Wildman–Crippen MR) is 46.0 cm³/mol. The van der Waals surface area contributed by atoms with E-state index in [2.05, 4.69) is 4.52 Å². The Hall–Kier alpha value is 0.0700. The molecule has 6 heteroatoms. The number of aliphatic hydroxyl groups excluding tert-OH is 1. The number of phosphoric ester groups is 1. The van der Waals surface area contributed by atoms with Crippen molar-refractivity contribution in [1.29, 1.82) is 0 Å². The molecule has 0 radical (unpaired) electrons. The summed E-state index contributed by atoms with van der Waals surface area (Å²) in [6.07, 6.45) is 2.98. The zero-order valence-electron chi connectivity index (χ0n) is 7.30. The molecule has 1 aliphatic carbocycles. The van der Waals surface area contributed by atoms with Crippen molar-refractivity contribution in [3.8, 4) is 0 Å². The van der Waals surface area contributed by atoms with E-state index in [-0.39, 0.29) is 12.5 Å². The van der Waals surface area contributed by atoms with Gasteiger partial charge in [0.15, 0.2) is 0 Å². The quantitative estimate of drug-likeness (QED) is 0.595. The van der Waals surface area contributed by atoms with Crippen molar-refractivity contribution in [2.24, 2.45) is 5.92 Å². The molecule has 0 saturated heterocycles. The van der Waals surface area contributed by atoms with E-state index in [1.807, 2.05) is 0 Å². The van der Waals surface area contributed by atoms with Crippen LogP contribution in [-0.2, 0) is 9.09 Å². The van der Waals surface area contributed by atoms with Crippen LogP contribution in [0, 0.1) is 5.92 Å². The van der Waals surface area contributed by atoms with Crippen LogP contribution in [0.25, 0.3) is 0 Å². The highest BCUT2D eigenvalue weighted by Crippen LogP contribution is 2.38. The Labute approximate surface area is 77.0 Å². The van der Waals surface area contributed by atoms with E-state index < -0.39 is 13.9 Å². The van der Waals surface area contributed by atoms with Crippen LogP contribution in [0.4, 0.5) is 0 Å². The maximum Gasteiger partial charge on any atom is 0.469 e. The van der Waals surface area contributed by atoms with Crippen molar-refractivity contribution >= 4 is 7.82 Å². The third-order valence-electron chi connectivity index (χ3n) is 2.33. The third-order valence-corrected chi connectivity index (χ3v) is 2.81. The Morgan fingerprint density at radius 3 is 2.46 bits per heavy atom. The lowest BCUT2D eigenvalue weighted by Crippen LogP contribution is -2.27. The molecule has 0 aromatic rings. The van der Waals surface area contributed by atoms with Gasteiger partial charge in [0.2, 0.25) is 0 Å². The second-order valence-electron chi connectivity index (χ2n) is 3.40. The average Bonchev–Trinajstić information content (AvgIpc) is 2.01. The number of hydrogen-bond donors (Lipinski definition) is 3. The summed E-state index contributed by atoms with van der Waals surface area (Å²) < 4.78 is 14.7. The fourth-order valence-corrected chi connectivity index (χ4v) is 1.96. The van der Waals surface area contributed by atoms with Gasteiger partial charge in [-0.05, 0) is 12.8 Å². The van der Waals surface area contributed by atoms with Crippen molar-refractivity contribution in [1.82, 2.24) is 0 Å². The zero-order valence-corrected chi connectivity index (χ0v) is 8.19. The summed E-state index contributed by atoms with van der Waals surface area (Å²) in [4.78, 5) is 16.9. The molecule has 3 N–H and O–H groups in total. The Kier molecular flexibility index (Phi) is 3.88. The zero-order chi connectivity index (χ0) is 9.90. The minimum absolute atomic E-state index is 0.0502. The standard InChI is InChI=1S/C7H15O5P/c8-7-4-2-1-3-6(7)5-12-13(9,10)11/h6-8H,1-5H2,(H2,9,10,11)/t6-,7-/m0/s1. The van der Waals surface area contributed by atoms with E-state index >= 15 is 0 Å². The molecule has 2 atom stereocenters. The second kappa shape index (κ2) is 4.53. The van der Waals surface area contributed by atoms with Crippen LogP contribution in [0.15, 0.2) is 0 Å². The number of aliphatic hydroxyl groups is 1. The van der Waals surface area contributed by atoms with Crippen LogP contribution in [0.3, 0.4) is 0 Å². The first-order valence-corrected chi connectivity index (χ1v) is 5.90. The van der Waals surface area contributed by atoms with Gasteiger partial charge in [-0.3, -0.25) is 4.52 Å². The minimum Gasteiger partial charge on any atom is -0.393 e. The van der Waals surface area contributed by atoms with Gasteiger partial charge in [0.05, 0.1) is 12.7 Å². The molecule has 1 rings (SSSR count). The summed E-state index contributed by atoms with van der Waals surface area (Å²) in [6, 6.07) is 0. The summed E-state index contributed by atoms with van der Waals surface area (Å²) >= 11 is 0. The van der Waals surface area contributed by atoms with Crippen LogP contribution < -0.4 is 0 Å². The first-order valence-electron chi connectivity index (χ1n) is 4.37. The van der Waals surface area contributed by atoms with Crippen LogP contribution in [0.2, 0.25) is 0 Å². The van der Waals surface area contributed by atoms with Gasteiger partial charge in [0, 0.05) is 5.92 Å². The Morgan fingerprint density at radius 2 is 1.92 bits per heavy atom. The number of rotatable bonds is 3. The molecule has 78 valence electrons. The highest BCUT2D eigenvalue weighted by Gasteiger charge is 2.26. The van der Waals surface area contributed by atoms with Crippen LogP contribution in [0.1, 0.15) is 25.7 Å². The molecule has 0 unspecified atom stereocenters. The lowest BCUT2D eigenvalue weighted by Gasteiger charge is -2.27. The molecule has 0 bridgehead atoms. The summed E-state index contributed by atoms with van der Waals surface area (Å²) in [5, 5.41) is 9.43. The van der Waals surface area contributed by atoms with Gasteiger partial charge in [-0.25, -0.2) is 4.57 Å². The third kappa shape index (κ3) is 4.20. The topological polar surface area (TPSA) is 87.0 Å². The van der Waals surface area contributed by atoms with E-state index in [0.717, 1.165) is 19.3 Å². The fraction of sp³-hybridized carbons (Fsp3) is 1.00. The van der Waals surface area contributed by atoms with Crippen molar-refractivity contribution in [2.45, 2.75) is 31.8 Å². The molecule has 0 heterocycles. The van der Waals surface area contributed by atoms with Gasteiger partial charge in [-0.1, -0.05) is 12.8 Å². The normalized spacial score (nSPS) is 30.4. The Bertz CT molecular complexity index is 201. The van der Waals surface area contributed by atoms with Gasteiger partial charge in [-0.2, -0.15) is 0 Å². The summed E-state index contributed by atoms with van der Waals surface area (Å²) in [5.74, 6) is -0.124. The molecule has 0 aliphatic heterocycles. The Balaban J connectivity index is 2.31. The molecule has 0 amide bonds. The molecule has 1 saturated carbocycles. The van der Waals surface area contributed by atoms with E-state index in [9.17, 15) is 9.67 Å². The maximum atomic E-state index is 10.4. The van der Waals surface area contributed by atoms with Crippen molar-refractivity contribution in [3.63, 3.8) is 0 Å². The largest absolute Gasteiger partial charge is 0.469 e. The maximum absolute atomic E-state index is 10.4. The minimum atomic E-state index is -4.37. The lowest BCUT2D eigenvalue weighted by atomic mass is 9.87. The molecule has 0 aromatic heterocycles. The highest BCUT2D eigenvalue weighted by molar-refractivity contribution is 7.46. The first kappa shape index (κ1) is 11.1. The summed E-state index contributed by atoms with van der Waals surface area (Å²) in [7, 11) is -4.37. The van der Waals surface area contributed by atoms with Gasteiger partial charge in [0.1, 0.15) is 0 Å². The fourth-order valence-electron chi connectivity index (χ4n) is 1.58. The molecular weight excluding hydrogens is 195 g/mol. The predicted octanol–water partition coefficient (Wildman–Crippen LogP) is 0.647. The monoisotopic (exact) mass is 210 g/mol.